The largest absolute Gasteiger partial charge is 0.338 e. The number of hydrogen-bond donors (Lipinski definition) is 0. The summed E-state index contributed by atoms with van der Waals surface area (Å²) in [6.07, 6.45) is 0.820. The first-order valence-electron chi connectivity index (χ1n) is 7.32. The molecule has 0 bridgehead atoms. The lowest BCUT2D eigenvalue weighted by Gasteiger charge is -2.09. The van der Waals surface area contributed by atoms with Gasteiger partial charge in [0.1, 0.15) is 0 Å². The van der Waals surface area contributed by atoms with E-state index in [0.29, 0.717) is 17.3 Å². The Bertz CT molecular complexity index is 815. The lowest BCUT2D eigenvalue weighted by molar-refractivity contribution is -0.384. The van der Waals surface area contributed by atoms with Gasteiger partial charge >= 0.3 is 0 Å². The minimum atomic E-state index is -0.441. The van der Waals surface area contributed by atoms with E-state index in [1.165, 1.54) is 12.1 Å². The van der Waals surface area contributed by atoms with Crippen LogP contribution in [0.1, 0.15) is 30.7 Å². The third-order valence-electron chi connectivity index (χ3n) is 3.67. The molecule has 0 aliphatic carbocycles. The molecule has 0 N–H and O–H groups in total. The molecule has 116 valence electrons. The molecule has 2 aromatic carbocycles. The van der Waals surface area contributed by atoms with Crippen molar-refractivity contribution in [3.63, 3.8) is 0 Å². The third kappa shape index (κ3) is 3.11. The number of nitro groups is 1. The van der Waals surface area contributed by atoms with E-state index in [4.69, 9.17) is 4.52 Å². The van der Waals surface area contributed by atoms with E-state index in [2.05, 4.69) is 17.1 Å². The minimum absolute atomic E-state index is 0.00366. The molecule has 0 aliphatic heterocycles. The fourth-order valence-corrected chi connectivity index (χ4v) is 2.49. The van der Waals surface area contributed by atoms with Gasteiger partial charge in [-0.1, -0.05) is 54.5 Å². The van der Waals surface area contributed by atoms with Gasteiger partial charge in [0.15, 0.2) is 0 Å². The quantitative estimate of drug-likeness (QED) is 0.521. The topological polar surface area (TPSA) is 82.1 Å². The number of aromatic nitrogens is 2. The molecule has 0 amide bonds. The van der Waals surface area contributed by atoms with Gasteiger partial charge in [-0.15, -0.1) is 0 Å². The molecule has 0 radical (unpaired) electrons. The van der Waals surface area contributed by atoms with Gasteiger partial charge in [-0.2, -0.15) is 4.98 Å². The molecule has 0 unspecified atom stereocenters. The number of nitrogens with zero attached hydrogens (tertiary/aromatic N) is 3. The summed E-state index contributed by atoms with van der Waals surface area (Å²) in [5.74, 6) is 0.884. The average molecular weight is 309 g/mol. The Kier molecular flexibility index (Phi) is 4.14. The summed E-state index contributed by atoms with van der Waals surface area (Å²) < 4.78 is 5.40. The van der Waals surface area contributed by atoms with Crippen LogP contribution < -0.4 is 0 Å². The molecular weight excluding hydrogens is 294 g/mol. The molecule has 23 heavy (non-hydrogen) atoms. The average Bonchev–Trinajstić information content (AvgIpc) is 3.06. The standard InChI is InChI=1S/C17H15N3O3/c1-2-15(12-7-4-3-5-8-12)17-18-16(19-23-17)13-9-6-10-14(11-13)20(21)22/h3-11,15H,2H2,1H3/t15-/m1/s1. The second-order valence-corrected chi connectivity index (χ2v) is 5.14. The van der Waals surface area contributed by atoms with Crippen LogP contribution in [0.5, 0.6) is 0 Å². The van der Waals surface area contributed by atoms with Crippen LogP contribution in [0.15, 0.2) is 59.1 Å². The molecule has 6 heteroatoms. The summed E-state index contributed by atoms with van der Waals surface area (Å²) >= 11 is 0. The molecule has 1 atom stereocenters. The Morgan fingerprint density at radius 3 is 2.65 bits per heavy atom. The summed E-state index contributed by atoms with van der Waals surface area (Å²) in [6.45, 7) is 2.05. The van der Waals surface area contributed by atoms with E-state index in [-0.39, 0.29) is 11.6 Å². The van der Waals surface area contributed by atoms with Crippen LogP contribution in [0.4, 0.5) is 5.69 Å². The number of nitro benzene ring substituents is 1. The van der Waals surface area contributed by atoms with Crippen molar-refractivity contribution in [2.24, 2.45) is 0 Å². The summed E-state index contributed by atoms with van der Waals surface area (Å²) in [6, 6.07) is 16.1. The lowest BCUT2D eigenvalue weighted by Crippen LogP contribution is -1.99. The maximum atomic E-state index is 10.9. The van der Waals surface area contributed by atoms with Crippen LogP contribution in [-0.2, 0) is 0 Å². The van der Waals surface area contributed by atoms with Gasteiger partial charge in [-0.3, -0.25) is 10.1 Å². The van der Waals surface area contributed by atoms with Gasteiger partial charge in [-0.05, 0) is 12.0 Å². The number of benzene rings is 2. The van der Waals surface area contributed by atoms with E-state index in [9.17, 15) is 10.1 Å². The Morgan fingerprint density at radius 2 is 1.96 bits per heavy atom. The second kappa shape index (κ2) is 6.39. The van der Waals surface area contributed by atoms with Crippen molar-refractivity contribution in [1.29, 1.82) is 0 Å². The van der Waals surface area contributed by atoms with Crippen molar-refractivity contribution in [3.8, 4) is 11.4 Å². The molecule has 0 saturated heterocycles. The van der Waals surface area contributed by atoms with Gasteiger partial charge < -0.3 is 4.52 Å². The van der Waals surface area contributed by atoms with E-state index in [1.807, 2.05) is 30.3 Å². The zero-order chi connectivity index (χ0) is 16.2. The Morgan fingerprint density at radius 1 is 1.17 bits per heavy atom. The van der Waals surface area contributed by atoms with Gasteiger partial charge in [0.2, 0.25) is 11.7 Å². The molecule has 3 rings (SSSR count). The SMILES string of the molecule is CC[C@H](c1ccccc1)c1nc(-c2cccc([N+](=O)[O-])c2)no1. The molecule has 0 fully saturated rings. The van der Waals surface area contributed by atoms with Crippen molar-refractivity contribution in [3.05, 3.63) is 76.2 Å². The minimum Gasteiger partial charge on any atom is -0.338 e. The van der Waals surface area contributed by atoms with E-state index in [1.54, 1.807) is 12.1 Å². The smallest absolute Gasteiger partial charge is 0.270 e. The first kappa shape index (κ1) is 14.9. The van der Waals surface area contributed by atoms with Gasteiger partial charge in [-0.25, -0.2) is 0 Å². The normalized spacial score (nSPS) is 12.0. The summed E-state index contributed by atoms with van der Waals surface area (Å²) in [4.78, 5) is 14.9. The first-order chi connectivity index (χ1) is 11.2. The van der Waals surface area contributed by atoms with Crippen molar-refractivity contribution in [2.45, 2.75) is 19.3 Å². The van der Waals surface area contributed by atoms with Crippen LogP contribution in [0.25, 0.3) is 11.4 Å². The molecule has 3 aromatic rings. The summed E-state index contributed by atoms with van der Waals surface area (Å²) in [7, 11) is 0. The Labute approximate surface area is 132 Å². The monoisotopic (exact) mass is 309 g/mol. The second-order valence-electron chi connectivity index (χ2n) is 5.14. The number of hydrogen-bond acceptors (Lipinski definition) is 5. The summed E-state index contributed by atoms with van der Waals surface area (Å²) in [5, 5.41) is 14.8. The van der Waals surface area contributed by atoms with Crippen LogP contribution in [0.3, 0.4) is 0 Å². The fraction of sp³-hybridized carbons (Fsp3) is 0.176. The fourth-order valence-electron chi connectivity index (χ4n) is 2.49. The Hall–Kier alpha value is -3.02. The highest BCUT2D eigenvalue weighted by atomic mass is 16.6. The summed E-state index contributed by atoms with van der Waals surface area (Å²) in [5.41, 5.74) is 1.67. The van der Waals surface area contributed by atoms with Crippen LogP contribution in [0, 0.1) is 10.1 Å². The highest BCUT2D eigenvalue weighted by molar-refractivity contribution is 5.58. The lowest BCUT2D eigenvalue weighted by atomic mass is 9.96. The molecule has 0 saturated carbocycles. The van der Waals surface area contributed by atoms with E-state index in [0.717, 1.165) is 12.0 Å². The molecular formula is C17H15N3O3. The van der Waals surface area contributed by atoms with Gasteiger partial charge in [0, 0.05) is 17.7 Å². The first-order valence-corrected chi connectivity index (χ1v) is 7.32. The molecule has 1 heterocycles. The van der Waals surface area contributed by atoms with Crippen molar-refractivity contribution >= 4 is 5.69 Å². The van der Waals surface area contributed by atoms with Crippen LogP contribution in [-0.4, -0.2) is 15.1 Å². The van der Waals surface area contributed by atoms with Crippen LogP contribution in [0.2, 0.25) is 0 Å². The van der Waals surface area contributed by atoms with Gasteiger partial charge in [0.05, 0.1) is 10.8 Å². The van der Waals surface area contributed by atoms with Crippen molar-refractivity contribution in [2.75, 3.05) is 0 Å². The maximum Gasteiger partial charge on any atom is 0.270 e. The number of non-ortho nitro benzene ring substituents is 1. The predicted octanol–water partition coefficient (Wildman–Crippen LogP) is 4.19. The number of rotatable bonds is 5. The highest BCUT2D eigenvalue weighted by Crippen LogP contribution is 2.29. The molecule has 0 aliphatic rings. The van der Waals surface area contributed by atoms with Crippen LogP contribution >= 0.6 is 0 Å². The third-order valence-corrected chi connectivity index (χ3v) is 3.67. The molecule has 0 spiro atoms. The maximum absolute atomic E-state index is 10.9. The zero-order valence-electron chi connectivity index (χ0n) is 12.5. The van der Waals surface area contributed by atoms with Crippen molar-refractivity contribution < 1.29 is 9.45 Å². The van der Waals surface area contributed by atoms with E-state index < -0.39 is 4.92 Å². The van der Waals surface area contributed by atoms with E-state index >= 15 is 0 Å². The van der Waals surface area contributed by atoms with Gasteiger partial charge in [0.25, 0.3) is 5.69 Å². The molecule has 1 aromatic heterocycles. The Balaban J connectivity index is 1.94. The predicted molar refractivity (Wildman–Crippen MR) is 85.0 cm³/mol. The highest BCUT2D eigenvalue weighted by Gasteiger charge is 2.20. The molecule has 6 nitrogen and oxygen atoms in total. The zero-order valence-corrected chi connectivity index (χ0v) is 12.5. The van der Waals surface area contributed by atoms with Crippen molar-refractivity contribution in [1.82, 2.24) is 10.1 Å².